The summed E-state index contributed by atoms with van der Waals surface area (Å²) in [5.74, 6) is 1.71. The standard InChI is InChI=1S/C13H24N2O2S/c1-2-3-12(4-5-12)8-14-11(16)15-9-13(17)6-7-18-10-13/h17H,2-10H2,1H3,(H2,14,15,16). The molecule has 0 spiro atoms. The first-order chi connectivity index (χ1) is 8.58. The fourth-order valence-corrected chi connectivity index (χ4v) is 3.83. The third-order valence-electron chi connectivity index (χ3n) is 4.02. The lowest BCUT2D eigenvalue weighted by molar-refractivity contribution is 0.0699. The second-order valence-electron chi connectivity index (χ2n) is 5.81. The fraction of sp³-hybridized carbons (Fsp3) is 0.923. The van der Waals surface area contributed by atoms with Gasteiger partial charge in [0.2, 0.25) is 0 Å². The number of hydrogen-bond acceptors (Lipinski definition) is 3. The summed E-state index contributed by atoms with van der Waals surface area (Å²) in [7, 11) is 0. The highest BCUT2D eigenvalue weighted by molar-refractivity contribution is 7.99. The molecule has 1 atom stereocenters. The van der Waals surface area contributed by atoms with E-state index in [0.717, 1.165) is 24.5 Å². The number of rotatable bonds is 6. The largest absolute Gasteiger partial charge is 0.387 e. The maximum absolute atomic E-state index is 11.7. The van der Waals surface area contributed by atoms with Crippen LogP contribution in [0.5, 0.6) is 0 Å². The lowest BCUT2D eigenvalue weighted by Gasteiger charge is -2.22. The minimum absolute atomic E-state index is 0.136. The fourth-order valence-electron chi connectivity index (χ4n) is 2.53. The highest BCUT2D eigenvalue weighted by Gasteiger charge is 2.41. The second-order valence-corrected chi connectivity index (χ2v) is 6.92. The van der Waals surface area contributed by atoms with Crippen molar-refractivity contribution in [3.05, 3.63) is 0 Å². The molecule has 0 radical (unpaired) electrons. The number of hydrogen-bond donors (Lipinski definition) is 3. The lowest BCUT2D eigenvalue weighted by atomic mass is 10.0. The number of nitrogens with one attached hydrogen (secondary N) is 2. The molecule has 2 fully saturated rings. The van der Waals surface area contributed by atoms with Gasteiger partial charge in [-0.15, -0.1) is 0 Å². The molecule has 1 saturated heterocycles. The molecule has 4 nitrogen and oxygen atoms in total. The van der Waals surface area contributed by atoms with Gasteiger partial charge in [0, 0.05) is 18.8 Å². The molecule has 0 aromatic rings. The second kappa shape index (κ2) is 5.70. The van der Waals surface area contributed by atoms with Crippen molar-refractivity contribution in [1.29, 1.82) is 0 Å². The normalized spacial score (nSPS) is 29.0. The SMILES string of the molecule is CCCC1(CNC(=O)NCC2(O)CCSC2)CC1. The number of carbonyl (C=O) groups excluding carboxylic acids is 1. The predicted molar refractivity (Wildman–Crippen MR) is 74.9 cm³/mol. The summed E-state index contributed by atoms with van der Waals surface area (Å²) in [4.78, 5) is 11.7. The molecule has 18 heavy (non-hydrogen) atoms. The van der Waals surface area contributed by atoms with E-state index in [1.54, 1.807) is 11.8 Å². The van der Waals surface area contributed by atoms with Crippen LogP contribution in [0.25, 0.3) is 0 Å². The summed E-state index contributed by atoms with van der Waals surface area (Å²) in [6, 6.07) is -0.136. The Hall–Kier alpha value is -0.420. The number of aliphatic hydroxyl groups is 1. The quantitative estimate of drug-likeness (QED) is 0.690. The van der Waals surface area contributed by atoms with E-state index >= 15 is 0 Å². The van der Waals surface area contributed by atoms with Crippen molar-refractivity contribution in [2.45, 2.75) is 44.6 Å². The summed E-state index contributed by atoms with van der Waals surface area (Å²) >= 11 is 1.75. The van der Waals surface area contributed by atoms with Gasteiger partial charge in [-0.25, -0.2) is 4.79 Å². The third-order valence-corrected chi connectivity index (χ3v) is 5.26. The molecule has 3 N–H and O–H groups in total. The van der Waals surface area contributed by atoms with E-state index in [1.807, 2.05) is 0 Å². The van der Waals surface area contributed by atoms with E-state index < -0.39 is 5.60 Å². The molecule has 0 aromatic heterocycles. The van der Waals surface area contributed by atoms with Crippen LogP contribution in [0.3, 0.4) is 0 Å². The average Bonchev–Trinajstić information content (AvgIpc) is 2.98. The van der Waals surface area contributed by atoms with Crippen LogP contribution in [0.1, 0.15) is 39.0 Å². The molecule has 2 amide bonds. The van der Waals surface area contributed by atoms with Crippen LogP contribution in [-0.2, 0) is 0 Å². The van der Waals surface area contributed by atoms with Crippen LogP contribution in [0, 0.1) is 5.41 Å². The Balaban J connectivity index is 1.63. The van der Waals surface area contributed by atoms with Gasteiger partial charge in [0.25, 0.3) is 0 Å². The van der Waals surface area contributed by atoms with E-state index in [1.165, 1.54) is 25.7 Å². The number of thioether (sulfide) groups is 1. The van der Waals surface area contributed by atoms with Crippen molar-refractivity contribution in [2.75, 3.05) is 24.6 Å². The molecule has 1 heterocycles. The summed E-state index contributed by atoms with van der Waals surface area (Å²) in [5.41, 5.74) is -0.311. The van der Waals surface area contributed by atoms with Crippen molar-refractivity contribution in [3.63, 3.8) is 0 Å². The molecule has 5 heteroatoms. The van der Waals surface area contributed by atoms with Crippen LogP contribution >= 0.6 is 11.8 Å². The summed E-state index contributed by atoms with van der Waals surface area (Å²) in [5, 5.41) is 15.8. The molecule has 1 aliphatic heterocycles. The highest BCUT2D eigenvalue weighted by atomic mass is 32.2. The van der Waals surface area contributed by atoms with Gasteiger partial charge in [-0.05, 0) is 36.9 Å². The third kappa shape index (κ3) is 3.79. The number of amides is 2. The van der Waals surface area contributed by atoms with Gasteiger partial charge in [0.1, 0.15) is 0 Å². The van der Waals surface area contributed by atoms with E-state index in [9.17, 15) is 9.90 Å². The Kier molecular flexibility index (Phi) is 4.43. The first-order valence-corrected chi connectivity index (χ1v) is 8.05. The number of carbonyl (C=O) groups is 1. The van der Waals surface area contributed by atoms with Gasteiger partial charge in [-0.2, -0.15) is 11.8 Å². The van der Waals surface area contributed by atoms with Crippen LogP contribution < -0.4 is 10.6 Å². The zero-order chi connectivity index (χ0) is 13.1. The summed E-state index contributed by atoms with van der Waals surface area (Å²) in [6.07, 6.45) is 5.63. The molecule has 104 valence electrons. The van der Waals surface area contributed by atoms with Crippen molar-refractivity contribution < 1.29 is 9.90 Å². The molecule has 0 bridgehead atoms. The monoisotopic (exact) mass is 272 g/mol. The molecule has 0 aromatic carbocycles. The summed E-state index contributed by atoms with van der Waals surface area (Å²) < 4.78 is 0. The molecule has 1 saturated carbocycles. The van der Waals surface area contributed by atoms with Crippen LogP contribution in [0.4, 0.5) is 4.79 Å². The van der Waals surface area contributed by atoms with Crippen molar-refractivity contribution >= 4 is 17.8 Å². The van der Waals surface area contributed by atoms with Gasteiger partial charge in [0.05, 0.1) is 5.60 Å². The van der Waals surface area contributed by atoms with E-state index in [4.69, 9.17) is 0 Å². The first-order valence-electron chi connectivity index (χ1n) is 6.89. The van der Waals surface area contributed by atoms with Gasteiger partial charge < -0.3 is 15.7 Å². The smallest absolute Gasteiger partial charge is 0.314 e. The van der Waals surface area contributed by atoms with Crippen LogP contribution in [0.2, 0.25) is 0 Å². The highest BCUT2D eigenvalue weighted by Crippen LogP contribution is 2.48. The maximum Gasteiger partial charge on any atom is 0.314 e. The van der Waals surface area contributed by atoms with Crippen LogP contribution in [0.15, 0.2) is 0 Å². The van der Waals surface area contributed by atoms with Crippen molar-refractivity contribution in [3.8, 4) is 0 Å². The molecule has 2 rings (SSSR count). The lowest BCUT2D eigenvalue weighted by Crippen LogP contribution is -2.47. The Morgan fingerprint density at radius 2 is 2.00 bits per heavy atom. The Morgan fingerprint density at radius 1 is 1.28 bits per heavy atom. The van der Waals surface area contributed by atoms with Gasteiger partial charge in [0.15, 0.2) is 0 Å². The molecule has 1 aliphatic carbocycles. The summed E-state index contributed by atoms with van der Waals surface area (Å²) in [6.45, 7) is 3.33. The number of urea groups is 1. The molecule has 2 aliphatic rings. The van der Waals surface area contributed by atoms with E-state index in [0.29, 0.717) is 12.0 Å². The van der Waals surface area contributed by atoms with Gasteiger partial charge in [-0.1, -0.05) is 13.3 Å². The Labute approximate surface area is 113 Å². The minimum atomic E-state index is -0.692. The Morgan fingerprint density at radius 3 is 2.56 bits per heavy atom. The average molecular weight is 272 g/mol. The van der Waals surface area contributed by atoms with Gasteiger partial charge >= 0.3 is 6.03 Å². The van der Waals surface area contributed by atoms with Crippen molar-refractivity contribution in [1.82, 2.24) is 10.6 Å². The predicted octanol–water partition coefficient (Wildman–Crippen LogP) is 1.73. The maximum atomic E-state index is 11.7. The zero-order valence-corrected chi connectivity index (χ0v) is 11.9. The van der Waals surface area contributed by atoms with Gasteiger partial charge in [-0.3, -0.25) is 0 Å². The Bertz CT molecular complexity index is 299. The molecule has 1 unspecified atom stereocenters. The molecular weight excluding hydrogens is 248 g/mol. The topological polar surface area (TPSA) is 61.4 Å². The van der Waals surface area contributed by atoms with E-state index in [2.05, 4.69) is 17.6 Å². The first kappa shape index (κ1) is 14.0. The van der Waals surface area contributed by atoms with Crippen LogP contribution in [-0.4, -0.2) is 41.3 Å². The van der Waals surface area contributed by atoms with E-state index in [-0.39, 0.29) is 6.03 Å². The van der Waals surface area contributed by atoms with Crippen molar-refractivity contribution in [2.24, 2.45) is 5.41 Å². The zero-order valence-electron chi connectivity index (χ0n) is 11.1. The minimum Gasteiger partial charge on any atom is -0.387 e. The molecular formula is C13H24N2O2S.